The number of aromatic nitrogens is 3. The molecule has 2 heterocycles. The van der Waals surface area contributed by atoms with Gasteiger partial charge in [0.25, 0.3) is 0 Å². The summed E-state index contributed by atoms with van der Waals surface area (Å²) in [5.41, 5.74) is 5.90. The van der Waals surface area contributed by atoms with Gasteiger partial charge in [-0.15, -0.1) is 0 Å². The van der Waals surface area contributed by atoms with E-state index in [4.69, 9.17) is 0 Å². The van der Waals surface area contributed by atoms with Gasteiger partial charge in [0.1, 0.15) is 11.5 Å². The molecule has 3 rings (SSSR count). The molecule has 0 saturated heterocycles. The van der Waals surface area contributed by atoms with Crippen molar-refractivity contribution < 1.29 is 0 Å². The van der Waals surface area contributed by atoms with Crippen molar-refractivity contribution in [3.63, 3.8) is 0 Å². The lowest BCUT2D eigenvalue weighted by atomic mass is 10.1. The molecule has 19 heavy (non-hydrogen) atoms. The normalized spacial score (nSPS) is 11.2. The van der Waals surface area contributed by atoms with Crippen LogP contribution in [0, 0.1) is 27.7 Å². The number of fused-ring (bicyclic) bond motifs is 1. The van der Waals surface area contributed by atoms with Crippen LogP contribution in [0.5, 0.6) is 0 Å². The highest BCUT2D eigenvalue weighted by Gasteiger charge is 2.10. The van der Waals surface area contributed by atoms with E-state index in [2.05, 4.69) is 59.7 Å². The number of rotatable bonds is 1. The lowest BCUT2D eigenvalue weighted by Crippen LogP contribution is -1.98. The highest BCUT2D eigenvalue weighted by atomic mass is 15.1. The third-order valence-corrected chi connectivity index (χ3v) is 3.48. The average molecular weight is 251 g/mol. The Bertz CT molecular complexity index is 769. The number of hydrogen-bond donors (Lipinski definition) is 0. The first-order valence-electron chi connectivity index (χ1n) is 6.45. The second-order valence-corrected chi connectivity index (χ2v) is 5.13. The smallest absolute Gasteiger partial charge is 0.148 e. The molecule has 0 fully saturated rings. The monoisotopic (exact) mass is 251 g/mol. The van der Waals surface area contributed by atoms with E-state index < -0.39 is 0 Å². The topological polar surface area (TPSA) is 30.7 Å². The van der Waals surface area contributed by atoms with Crippen molar-refractivity contribution >= 4 is 11.0 Å². The van der Waals surface area contributed by atoms with Gasteiger partial charge >= 0.3 is 0 Å². The van der Waals surface area contributed by atoms with Crippen LogP contribution >= 0.6 is 0 Å². The fourth-order valence-corrected chi connectivity index (χ4v) is 2.50. The molecule has 1 aromatic carbocycles. The molecular formula is C16H17N3. The first-order valence-corrected chi connectivity index (χ1v) is 6.45. The molecule has 3 nitrogen and oxygen atoms in total. The molecule has 3 heteroatoms. The van der Waals surface area contributed by atoms with E-state index >= 15 is 0 Å². The molecular weight excluding hydrogens is 234 g/mol. The van der Waals surface area contributed by atoms with Crippen molar-refractivity contribution in [2.24, 2.45) is 0 Å². The van der Waals surface area contributed by atoms with Gasteiger partial charge in [0, 0.05) is 23.5 Å². The van der Waals surface area contributed by atoms with Crippen molar-refractivity contribution in [1.29, 1.82) is 0 Å². The maximum Gasteiger partial charge on any atom is 0.148 e. The van der Waals surface area contributed by atoms with Crippen molar-refractivity contribution in [3.8, 4) is 5.69 Å². The molecule has 0 spiro atoms. The summed E-state index contributed by atoms with van der Waals surface area (Å²) in [6, 6.07) is 6.49. The van der Waals surface area contributed by atoms with Crippen LogP contribution in [0.25, 0.3) is 16.7 Å². The van der Waals surface area contributed by atoms with Gasteiger partial charge in [0.2, 0.25) is 0 Å². The molecule has 96 valence electrons. The Morgan fingerprint density at radius 3 is 2.53 bits per heavy atom. The summed E-state index contributed by atoms with van der Waals surface area (Å²) in [4.78, 5) is 8.88. The van der Waals surface area contributed by atoms with E-state index in [0.29, 0.717) is 0 Å². The molecule has 0 radical (unpaired) electrons. The van der Waals surface area contributed by atoms with Crippen LogP contribution in [-0.4, -0.2) is 14.5 Å². The molecule has 0 atom stereocenters. The second kappa shape index (κ2) is 4.19. The summed E-state index contributed by atoms with van der Waals surface area (Å²) in [6.45, 7) is 8.27. The highest BCUT2D eigenvalue weighted by Crippen LogP contribution is 2.24. The number of hydrogen-bond acceptors (Lipinski definition) is 2. The quantitative estimate of drug-likeness (QED) is 0.661. The van der Waals surface area contributed by atoms with E-state index in [0.717, 1.165) is 16.9 Å². The Kier molecular flexibility index (Phi) is 2.63. The molecule has 0 saturated carbocycles. The minimum absolute atomic E-state index is 0.802. The molecule has 0 bridgehead atoms. The van der Waals surface area contributed by atoms with Crippen LogP contribution in [0.2, 0.25) is 0 Å². The van der Waals surface area contributed by atoms with Gasteiger partial charge in [-0.2, -0.15) is 0 Å². The average Bonchev–Trinajstić information content (AvgIpc) is 2.66. The summed E-state index contributed by atoms with van der Waals surface area (Å²) in [6.07, 6.45) is 4.05. The van der Waals surface area contributed by atoms with Crippen LogP contribution in [0.3, 0.4) is 0 Å². The summed E-state index contributed by atoms with van der Waals surface area (Å²) >= 11 is 0. The zero-order valence-corrected chi connectivity index (χ0v) is 11.7. The van der Waals surface area contributed by atoms with Gasteiger partial charge in [-0.3, -0.25) is 0 Å². The third-order valence-electron chi connectivity index (χ3n) is 3.48. The van der Waals surface area contributed by atoms with E-state index in [1.54, 1.807) is 0 Å². The SMILES string of the molecule is Cc1ccc(-n2cc(C)c3cnc(C)nc32)c(C)c1. The van der Waals surface area contributed by atoms with Gasteiger partial charge < -0.3 is 4.57 Å². The Hall–Kier alpha value is -2.16. The van der Waals surface area contributed by atoms with Crippen molar-refractivity contribution in [1.82, 2.24) is 14.5 Å². The Morgan fingerprint density at radius 2 is 1.79 bits per heavy atom. The number of benzene rings is 1. The molecule has 0 aliphatic rings. The standard InChI is InChI=1S/C16H17N3/c1-10-5-6-15(11(2)7-10)19-9-12(3)14-8-17-13(4)18-16(14)19/h5-9H,1-4H3. The Labute approximate surface area is 112 Å². The third kappa shape index (κ3) is 1.91. The lowest BCUT2D eigenvalue weighted by molar-refractivity contribution is 1.02. The van der Waals surface area contributed by atoms with E-state index in [-0.39, 0.29) is 0 Å². The molecule has 0 unspecified atom stereocenters. The van der Waals surface area contributed by atoms with Crippen LogP contribution in [0.4, 0.5) is 0 Å². The van der Waals surface area contributed by atoms with Gasteiger partial charge in [-0.05, 0) is 44.9 Å². The van der Waals surface area contributed by atoms with Crippen LogP contribution < -0.4 is 0 Å². The number of aryl methyl sites for hydroxylation is 4. The fourth-order valence-electron chi connectivity index (χ4n) is 2.50. The Balaban J connectivity index is 2.33. The fraction of sp³-hybridized carbons (Fsp3) is 0.250. The van der Waals surface area contributed by atoms with Gasteiger partial charge in [-0.25, -0.2) is 9.97 Å². The van der Waals surface area contributed by atoms with Crippen molar-refractivity contribution in [3.05, 3.63) is 53.1 Å². The zero-order chi connectivity index (χ0) is 13.6. The van der Waals surface area contributed by atoms with Crippen LogP contribution in [0.15, 0.2) is 30.6 Å². The molecule has 2 aromatic heterocycles. The molecule has 0 N–H and O–H groups in total. The summed E-state index contributed by atoms with van der Waals surface area (Å²) in [7, 11) is 0. The summed E-state index contributed by atoms with van der Waals surface area (Å²) in [5.74, 6) is 0.802. The molecule has 0 amide bonds. The lowest BCUT2D eigenvalue weighted by Gasteiger charge is -2.09. The molecule has 3 aromatic rings. The predicted octanol–water partition coefficient (Wildman–Crippen LogP) is 3.65. The first kappa shape index (κ1) is 11.9. The van der Waals surface area contributed by atoms with Gasteiger partial charge in [0.15, 0.2) is 0 Å². The molecule has 0 aliphatic carbocycles. The van der Waals surface area contributed by atoms with E-state index in [1.807, 2.05) is 13.1 Å². The maximum atomic E-state index is 4.59. The zero-order valence-electron chi connectivity index (χ0n) is 11.7. The van der Waals surface area contributed by atoms with E-state index in [9.17, 15) is 0 Å². The summed E-state index contributed by atoms with van der Waals surface area (Å²) < 4.78 is 2.16. The van der Waals surface area contributed by atoms with Gasteiger partial charge in [-0.1, -0.05) is 17.7 Å². The van der Waals surface area contributed by atoms with Crippen LogP contribution in [-0.2, 0) is 0 Å². The largest absolute Gasteiger partial charge is 0.301 e. The predicted molar refractivity (Wildman–Crippen MR) is 77.8 cm³/mol. The minimum Gasteiger partial charge on any atom is -0.301 e. The maximum absolute atomic E-state index is 4.59. The second-order valence-electron chi connectivity index (χ2n) is 5.13. The van der Waals surface area contributed by atoms with Crippen molar-refractivity contribution in [2.75, 3.05) is 0 Å². The Morgan fingerprint density at radius 1 is 1.00 bits per heavy atom. The van der Waals surface area contributed by atoms with Gasteiger partial charge in [0.05, 0.1) is 0 Å². The number of nitrogens with zero attached hydrogens (tertiary/aromatic N) is 3. The van der Waals surface area contributed by atoms with E-state index in [1.165, 1.54) is 22.4 Å². The minimum atomic E-state index is 0.802. The highest BCUT2D eigenvalue weighted by molar-refractivity contribution is 5.81. The van der Waals surface area contributed by atoms with Crippen molar-refractivity contribution in [2.45, 2.75) is 27.7 Å². The van der Waals surface area contributed by atoms with Crippen LogP contribution in [0.1, 0.15) is 22.5 Å². The first-order chi connectivity index (χ1) is 9.06. The summed E-state index contributed by atoms with van der Waals surface area (Å²) in [5, 5.41) is 1.12. The molecule has 0 aliphatic heterocycles.